The van der Waals surface area contributed by atoms with Crippen LogP contribution in [0.15, 0.2) is 30.6 Å². The molecule has 0 bridgehead atoms. The second kappa shape index (κ2) is 6.64. The van der Waals surface area contributed by atoms with Crippen LogP contribution in [-0.4, -0.2) is 29.1 Å². The smallest absolute Gasteiger partial charge is 0.323 e. The number of urea groups is 1. The van der Waals surface area contributed by atoms with Gasteiger partial charge in [-0.25, -0.2) is 14.8 Å². The first-order valence-corrected chi connectivity index (χ1v) is 7.85. The maximum Gasteiger partial charge on any atom is 0.323 e. The highest BCUT2D eigenvalue weighted by molar-refractivity contribution is 6.00. The maximum atomic E-state index is 12.1. The summed E-state index contributed by atoms with van der Waals surface area (Å²) >= 11 is 0. The normalized spacial score (nSPS) is 13.9. The van der Waals surface area contributed by atoms with Crippen LogP contribution in [0.3, 0.4) is 0 Å². The van der Waals surface area contributed by atoms with Crippen molar-refractivity contribution in [3.05, 3.63) is 41.7 Å². The van der Waals surface area contributed by atoms with Crippen molar-refractivity contribution in [2.75, 3.05) is 28.6 Å². The van der Waals surface area contributed by atoms with Gasteiger partial charge in [0.05, 0.1) is 18.1 Å². The van der Waals surface area contributed by atoms with Crippen LogP contribution in [-0.2, 0) is 0 Å². The Labute approximate surface area is 135 Å². The van der Waals surface area contributed by atoms with E-state index in [1.807, 2.05) is 32.0 Å². The van der Waals surface area contributed by atoms with Crippen molar-refractivity contribution in [3.8, 4) is 0 Å². The Morgan fingerprint density at radius 1 is 1.09 bits per heavy atom. The lowest BCUT2D eigenvalue weighted by molar-refractivity contribution is 0.262. The van der Waals surface area contributed by atoms with Crippen LogP contribution >= 0.6 is 0 Å². The highest BCUT2D eigenvalue weighted by Crippen LogP contribution is 2.19. The van der Waals surface area contributed by atoms with Gasteiger partial charge in [-0.3, -0.25) is 0 Å². The zero-order valence-electron chi connectivity index (χ0n) is 13.5. The second-order valence-corrected chi connectivity index (χ2v) is 5.79. The lowest BCUT2D eigenvalue weighted by Crippen LogP contribution is -2.22. The number of nitrogens with one attached hydrogen (secondary N) is 2. The molecule has 1 saturated heterocycles. The van der Waals surface area contributed by atoms with Gasteiger partial charge < -0.3 is 15.5 Å². The maximum absolute atomic E-state index is 12.1. The molecule has 1 aliphatic rings. The van der Waals surface area contributed by atoms with Crippen LogP contribution in [0, 0.1) is 13.8 Å². The average Bonchev–Trinajstić information content (AvgIpc) is 3.07. The third kappa shape index (κ3) is 3.59. The van der Waals surface area contributed by atoms with Crippen LogP contribution in [0.4, 0.5) is 22.1 Å². The summed E-state index contributed by atoms with van der Waals surface area (Å²) in [6.07, 6.45) is 5.65. The molecule has 3 rings (SSSR count). The van der Waals surface area contributed by atoms with E-state index in [1.165, 1.54) is 12.8 Å². The predicted octanol–water partition coefficient (Wildman–Crippen LogP) is 3.34. The van der Waals surface area contributed by atoms with E-state index in [-0.39, 0.29) is 6.03 Å². The lowest BCUT2D eigenvalue weighted by Gasteiger charge is -2.15. The molecule has 2 N–H and O–H groups in total. The molecule has 0 saturated carbocycles. The standard InChI is InChI=1S/C17H21N5O/c1-12-6-5-7-15(13(12)2)21-17(23)20-14-10-18-16(19-11-14)22-8-3-4-9-22/h5-7,10-11H,3-4,8-9H2,1-2H3,(H2,20,21,23). The summed E-state index contributed by atoms with van der Waals surface area (Å²) in [5, 5.41) is 5.61. The van der Waals surface area contributed by atoms with Crippen LogP contribution in [0.25, 0.3) is 0 Å². The lowest BCUT2D eigenvalue weighted by atomic mass is 10.1. The number of carbonyl (C=O) groups excluding carboxylic acids is 1. The summed E-state index contributed by atoms with van der Waals surface area (Å²) in [5.41, 5.74) is 3.58. The van der Waals surface area contributed by atoms with Crippen LogP contribution in [0.5, 0.6) is 0 Å². The molecule has 0 radical (unpaired) electrons. The van der Waals surface area contributed by atoms with E-state index in [1.54, 1.807) is 12.4 Å². The van der Waals surface area contributed by atoms with E-state index in [4.69, 9.17) is 0 Å². The first-order chi connectivity index (χ1) is 11.1. The first kappa shape index (κ1) is 15.3. The van der Waals surface area contributed by atoms with E-state index in [0.29, 0.717) is 5.69 Å². The summed E-state index contributed by atoms with van der Waals surface area (Å²) in [7, 11) is 0. The number of aryl methyl sites for hydroxylation is 1. The number of benzene rings is 1. The van der Waals surface area contributed by atoms with Crippen LogP contribution < -0.4 is 15.5 Å². The van der Waals surface area contributed by atoms with Crippen molar-refractivity contribution in [1.29, 1.82) is 0 Å². The van der Waals surface area contributed by atoms with Crippen molar-refractivity contribution < 1.29 is 4.79 Å². The Morgan fingerprint density at radius 3 is 2.48 bits per heavy atom. The van der Waals surface area contributed by atoms with Crippen molar-refractivity contribution in [1.82, 2.24) is 9.97 Å². The molecule has 1 aromatic carbocycles. The molecule has 6 heteroatoms. The minimum absolute atomic E-state index is 0.295. The molecule has 1 aromatic heterocycles. The molecule has 120 valence electrons. The minimum Gasteiger partial charge on any atom is -0.341 e. The Balaban J connectivity index is 1.62. The number of amides is 2. The number of nitrogens with zero attached hydrogens (tertiary/aromatic N) is 3. The van der Waals surface area contributed by atoms with Gasteiger partial charge in [-0.1, -0.05) is 12.1 Å². The van der Waals surface area contributed by atoms with E-state index in [0.717, 1.165) is 35.9 Å². The Morgan fingerprint density at radius 2 is 1.78 bits per heavy atom. The summed E-state index contributed by atoms with van der Waals surface area (Å²) in [5.74, 6) is 0.725. The van der Waals surface area contributed by atoms with Gasteiger partial charge in [0.1, 0.15) is 0 Å². The molecule has 2 amide bonds. The number of hydrogen-bond acceptors (Lipinski definition) is 4. The molecular weight excluding hydrogens is 290 g/mol. The quantitative estimate of drug-likeness (QED) is 0.912. The van der Waals surface area contributed by atoms with Gasteiger partial charge in [-0.15, -0.1) is 0 Å². The van der Waals surface area contributed by atoms with E-state index in [9.17, 15) is 4.79 Å². The molecule has 23 heavy (non-hydrogen) atoms. The van der Waals surface area contributed by atoms with E-state index in [2.05, 4.69) is 25.5 Å². The van der Waals surface area contributed by atoms with Crippen molar-refractivity contribution >= 4 is 23.4 Å². The van der Waals surface area contributed by atoms with Gasteiger partial charge >= 0.3 is 6.03 Å². The van der Waals surface area contributed by atoms with Crippen LogP contribution in [0.1, 0.15) is 24.0 Å². The largest absolute Gasteiger partial charge is 0.341 e. The van der Waals surface area contributed by atoms with Gasteiger partial charge in [-0.2, -0.15) is 0 Å². The van der Waals surface area contributed by atoms with E-state index >= 15 is 0 Å². The monoisotopic (exact) mass is 311 g/mol. The van der Waals surface area contributed by atoms with Gasteiger partial charge in [0.25, 0.3) is 0 Å². The molecule has 2 aromatic rings. The van der Waals surface area contributed by atoms with Crippen molar-refractivity contribution in [2.45, 2.75) is 26.7 Å². The topological polar surface area (TPSA) is 70.2 Å². The fourth-order valence-electron chi connectivity index (χ4n) is 2.64. The molecular formula is C17H21N5O. The zero-order valence-corrected chi connectivity index (χ0v) is 13.5. The predicted molar refractivity (Wildman–Crippen MR) is 92.0 cm³/mol. The Kier molecular flexibility index (Phi) is 4.41. The molecule has 6 nitrogen and oxygen atoms in total. The molecule has 0 unspecified atom stereocenters. The van der Waals surface area contributed by atoms with Gasteiger partial charge in [-0.05, 0) is 43.9 Å². The zero-order chi connectivity index (χ0) is 16.2. The van der Waals surface area contributed by atoms with Gasteiger partial charge in [0, 0.05) is 18.8 Å². The van der Waals surface area contributed by atoms with Gasteiger partial charge in [0.2, 0.25) is 5.95 Å². The fourth-order valence-corrected chi connectivity index (χ4v) is 2.64. The molecule has 1 fully saturated rings. The summed E-state index contributed by atoms with van der Waals surface area (Å²) in [6.45, 7) is 6.00. The average molecular weight is 311 g/mol. The highest BCUT2D eigenvalue weighted by atomic mass is 16.2. The number of hydrogen-bond donors (Lipinski definition) is 2. The number of rotatable bonds is 3. The fraction of sp³-hybridized carbons (Fsp3) is 0.353. The summed E-state index contributed by atoms with van der Waals surface area (Å²) in [4.78, 5) is 22.9. The number of aromatic nitrogens is 2. The molecule has 1 aliphatic heterocycles. The SMILES string of the molecule is Cc1cccc(NC(=O)Nc2cnc(N3CCCC3)nc2)c1C. The first-order valence-electron chi connectivity index (χ1n) is 7.85. The summed E-state index contributed by atoms with van der Waals surface area (Å²) in [6, 6.07) is 5.53. The second-order valence-electron chi connectivity index (χ2n) is 5.79. The molecule has 2 heterocycles. The number of anilines is 3. The molecule has 0 atom stereocenters. The summed E-state index contributed by atoms with van der Waals surface area (Å²) < 4.78 is 0. The van der Waals surface area contributed by atoms with E-state index < -0.39 is 0 Å². The highest BCUT2D eigenvalue weighted by Gasteiger charge is 2.14. The minimum atomic E-state index is -0.295. The molecule has 0 aliphatic carbocycles. The van der Waals surface area contributed by atoms with Gasteiger partial charge in [0.15, 0.2) is 0 Å². The Hall–Kier alpha value is -2.63. The third-order valence-corrected chi connectivity index (χ3v) is 4.14. The third-order valence-electron chi connectivity index (χ3n) is 4.14. The molecule has 0 spiro atoms. The number of carbonyl (C=O) groups is 1. The van der Waals surface area contributed by atoms with Crippen molar-refractivity contribution in [3.63, 3.8) is 0 Å². The Bertz CT molecular complexity index is 693. The van der Waals surface area contributed by atoms with Crippen LogP contribution in [0.2, 0.25) is 0 Å². The van der Waals surface area contributed by atoms with Crippen molar-refractivity contribution in [2.24, 2.45) is 0 Å².